The van der Waals surface area contributed by atoms with Crippen molar-refractivity contribution in [2.24, 2.45) is 0 Å². The number of carbonyl (C=O) groups is 1. The lowest BCUT2D eigenvalue weighted by Gasteiger charge is -1.87. The summed E-state index contributed by atoms with van der Waals surface area (Å²) >= 11 is 5.17. The number of carbonyl (C=O) groups excluding carboxylic acids is 1. The van der Waals surface area contributed by atoms with Gasteiger partial charge in [0.25, 0.3) is 5.24 Å². The molecule has 0 aromatic rings. The second-order valence-corrected chi connectivity index (χ2v) is 1.97. The van der Waals surface area contributed by atoms with Crippen LogP contribution < -0.4 is 0 Å². The van der Waals surface area contributed by atoms with Gasteiger partial charge in [0.1, 0.15) is 0 Å². The minimum Gasteiger partial charge on any atom is -0.276 e. The molecule has 0 rings (SSSR count). The third kappa shape index (κ3) is 3.25. The molecular formula is C8H9ClO. The summed E-state index contributed by atoms with van der Waals surface area (Å²) in [5, 5.41) is -0.479. The molecule has 0 amide bonds. The van der Waals surface area contributed by atoms with Crippen LogP contribution in [0, 0.1) is 0 Å². The highest BCUT2D eigenvalue weighted by molar-refractivity contribution is 6.68. The summed E-state index contributed by atoms with van der Waals surface area (Å²) < 4.78 is 0. The van der Waals surface area contributed by atoms with Crippen LogP contribution in [-0.4, -0.2) is 5.24 Å². The minimum absolute atomic E-state index is 0.416. The van der Waals surface area contributed by atoms with E-state index < -0.39 is 5.24 Å². The molecule has 2 heteroatoms. The lowest BCUT2D eigenvalue weighted by molar-refractivity contribution is -0.108. The molecule has 0 aliphatic rings. The van der Waals surface area contributed by atoms with Gasteiger partial charge in [0.05, 0.1) is 0 Å². The number of halogens is 1. The molecule has 0 spiro atoms. The highest BCUT2D eigenvalue weighted by Crippen LogP contribution is 2.00. The van der Waals surface area contributed by atoms with Gasteiger partial charge in [0, 0.05) is 5.57 Å². The van der Waals surface area contributed by atoms with Crippen molar-refractivity contribution in [3.63, 3.8) is 0 Å². The number of hydrogen-bond acceptors (Lipinski definition) is 1. The van der Waals surface area contributed by atoms with Gasteiger partial charge in [0.15, 0.2) is 0 Å². The molecule has 0 fully saturated rings. The van der Waals surface area contributed by atoms with Crippen LogP contribution in [0.3, 0.4) is 0 Å². The van der Waals surface area contributed by atoms with Crippen LogP contribution in [0.25, 0.3) is 0 Å². The van der Waals surface area contributed by atoms with E-state index in [1.807, 2.05) is 13.0 Å². The van der Waals surface area contributed by atoms with Crippen LogP contribution in [0.2, 0.25) is 0 Å². The molecule has 0 heterocycles. The maximum Gasteiger partial charge on any atom is 0.252 e. The quantitative estimate of drug-likeness (QED) is 0.349. The summed E-state index contributed by atoms with van der Waals surface area (Å²) in [6.45, 7) is 5.28. The molecule has 0 N–H and O–H groups in total. The lowest BCUT2D eigenvalue weighted by Crippen LogP contribution is -1.86. The number of hydrogen-bond donors (Lipinski definition) is 0. The van der Waals surface area contributed by atoms with Gasteiger partial charge in [-0.15, -0.1) is 0 Å². The SMILES string of the molecule is C=CC(=CC=CC)C(=O)Cl. The third-order valence-electron chi connectivity index (χ3n) is 0.915. The second kappa shape index (κ2) is 5.00. The average molecular weight is 157 g/mol. The predicted octanol–water partition coefficient (Wildman–Crippen LogP) is 2.44. The maximum atomic E-state index is 10.5. The fourth-order valence-corrected chi connectivity index (χ4v) is 0.554. The molecule has 0 aromatic heterocycles. The molecule has 1 nitrogen and oxygen atoms in total. The Kier molecular flexibility index (Phi) is 4.59. The average Bonchev–Trinajstić information content (AvgIpc) is 1.89. The van der Waals surface area contributed by atoms with Crippen LogP contribution in [0.5, 0.6) is 0 Å². The molecule has 10 heavy (non-hydrogen) atoms. The number of allylic oxidation sites excluding steroid dienone is 5. The first-order valence-electron chi connectivity index (χ1n) is 2.87. The van der Waals surface area contributed by atoms with E-state index in [0.717, 1.165) is 0 Å². The first-order valence-corrected chi connectivity index (χ1v) is 3.25. The Balaban J connectivity index is 4.33. The van der Waals surface area contributed by atoms with Crippen molar-refractivity contribution in [3.8, 4) is 0 Å². The highest BCUT2D eigenvalue weighted by Gasteiger charge is 1.97. The largest absolute Gasteiger partial charge is 0.276 e. The smallest absolute Gasteiger partial charge is 0.252 e. The first kappa shape index (κ1) is 9.18. The van der Waals surface area contributed by atoms with Crippen molar-refractivity contribution in [3.05, 3.63) is 36.5 Å². The Labute approximate surface area is 65.7 Å². The van der Waals surface area contributed by atoms with E-state index in [-0.39, 0.29) is 0 Å². The Hall–Kier alpha value is -0.820. The molecule has 54 valence electrons. The molecule has 0 radical (unpaired) electrons. The van der Waals surface area contributed by atoms with E-state index in [1.165, 1.54) is 6.08 Å². The summed E-state index contributed by atoms with van der Waals surface area (Å²) in [6, 6.07) is 0. The molecule has 0 bridgehead atoms. The normalized spacial score (nSPS) is 12.0. The van der Waals surface area contributed by atoms with Crippen molar-refractivity contribution in [1.82, 2.24) is 0 Å². The van der Waals surface area contributed by atoms with Crippen LogP contribution in [0.1, 0.15) is 6.92 Å². The monoisotopic (exact) mass is 156 g/mol. The van der Waals surface area contributed by atoms with Crippen molar-refractivity contribution in [1.29, 1.82) is 0 Å². The molecule has 0 unspecified atom stereocenters. The van der Waals surface area contributed by atoms with Crippen LogP contribution in [0.15, 0.2) is 36.5 Å². The second-order valence-electron chi connectivity index (χ2n) is 1.63. The van der Waals surface area contributed by atoms with E-state index >= 15 is 0 Å². The topological polar surface area (TPSA) is 17.1 Å². The Morgan fingerprint density at radius 1 is 1.60 bits per heavy atom. The van der Waals surface area contributed by atoms with Gasteiger partial charge >= 0.3 is 0 Å². The van der Waals surface area contributed by atoms with Gasteiger partial charge in [-0.05, 0) is 18.5 Å². The van der Waals surface area contributed by atoms with Gasteiger partial charge in [-0.1, -0.05) is 30.9 Å². The van der Waals surface area contributed by atoms with Gasteiger partial charge in [-0.3, -0.25) is 4.79 Å². The minimum atomic E-state index is -0.479. The predicted molar refractivity (Wildman–Crippen MR) is 44.0 cm³/mol. The van der Waals surface area contributed by atoms with Crippen LogP contribution in [-0.2, 0) is 4.79 Å². The molecule has 0 saturated carbocycles. The van der Waals surface area contributed by atoms with E-state index in [4.69, 9.17) is 11.6 Å². The maximum absolute atomic E-state index is 10.5. The summed E-state index contributed by atoms with van der Waals surface area (Å²) in [4.78, 5) is 10.5. The summed E-state index contributed by atoms with van der Waals surface area (Å²) in [6.07, 6.45) is 6.58. The zero-order valence-corrected chi connectivity index (χ0v) is 6.56. The fraction of sp³-hybridized carbons (Fsp3) is 0.125. The van der Waals surface area contributed by atoms with Gasteiger partial charge in [-0.25, -0.2) is 0 Å². The zero-order chi connectivity index (χ0) is 7.98. The van der Waals surface area contributed by atoms with Crippen molar-refractivity contribution >= 4 is 16.8 Å². The van der Waals surface area contributed by atoms with Gasteiger partial charge in [0.2, 0.25) is 0 Å². The van der Waals surface area contributed by atoms with Crippen LogP contribution >= 0.6 is 11.6 Å². The van der Waals surface area contributed by atoms with E-state index in [0.29, 0.717) is 5.57 Å². The van der Waals surface area contributed by atoms with Crippen molar-refractivity contribution < 1.29 is 4.79 Å². The zero-order valence-electron chi connectivity index (χ0n) is 5.80. The summed E-state index contributed by atoms with van der Waals surface area (Å²) in [5.74, 6) is 0. The van der Waals surface area contributed by atoms with Gasteiger partial charge in [-0.2, -0.15) is 0 Å². The summed E-state index contributed by atoms with van der Waals surface area (Å²) in [7, 11) is 0. The Morgan fingerprint density at radius 2 is 2.20 bits per heavy atom. The molecule has 0 aromatic carbocycles. The Morgan fingerprint density at radius 3 is 2.50 bits per heavy atom. The third-order valence-corrected chi connectivity index (χ3v) is 1.13. The lowest BCUT2D eigenvalue weighted by atomic mass is 10.2. The molecule has 0 aliphatic carbocycles. The molecular weight excluding hydrogens is 148 g/mol. The van der Waals surface area contributed by atoms with E-state index in [9.17, 15) is 4.79 Å². The van der Waals surface area contributed by atoms with Crippen LogP contribution in [0.4, 0.5) is 0 Å². The van der Waals surface area contributed by atoms with Gasteiger partial charge < -0.3 is 0 Å². The van der Waals surface area contributed by atoms with Crippen molar-refractivity contribution in [2.45, 2.75) is 6.92 Å². The first-order chi connectivity index (χ1) is 4.72. The Bertz CT molecular complexity index is 189. The van der Waals surface area contributed by atoms with E-state index in [2.05, 4.69) is 6.58 Å². The van der Waals surface area contributed by atoms with Crippen molar-refractivity contribution in [2.75, 3.05) is 0 Å². The standard InChI is InChI=1S/C8H9ClO/c1-3-5-6-7(4-2)8(9)10/h3-6H,2H2,1H3. The highest BCUT2D eigenvalue weighted by atomic mass is 35.5. The molecule has 0 saturated heterocycles. The van der Waals surface area contributed by atoms with E-state index in [1.54, 1.807) is 12.2 Å². The fourth-order valence-electron chi connectivity index (χ4n) is 0.414. The number of rotatable bonds is 3. The molecule has 0 aliphatic heterocycles. The summed E-state index contributed by atoms with van der Waals surface area (Å²) in [5.41, 5.74) is 0.416. The molecule has 0 atom stereocenters.